The van der Waals surface area contributed by atoms with E-state index in [1.807, 2.05) is 34.4 Å². The second kappa shape index (κ2) is 7.29. The molecule has 5 heteroatoms. The van der Waals surface area contributed by atoms with Crippen molar-refractivity contribution in [3.8, 4) is 0 Å². The molecule has 2 heterocycles. The van der Waals surface area contributed by atoms with Gasteiger partial charge in [-0.05, 0) is 62.8 Å². The van der Waals surface area contributed by atoms with Crippen LogP contribution in [0.1, 0.15) is 32.0 Å². The van der Waals surface area contributed by atoms with Crippen LogP contribution < -0.4 is 0 Å². The summed E-state index contributed by atoms with van der Waals surface area (Å²) in [5.74, 6) is 0. The van der Waals surface area contributed by atoms with Crippen LogP contribution in [-0.4, -0.2) is 23.4 Å². The summed E-state index contributed by atoms with van der Waals surface area (Å²) in [5, 5.41) is 18.4. The Hall–Kier alpha value is -0.330. The molecular weight excluding hydrogens is 320 g/mol. The van der Waals surface area contributed by atoms with Gasteiger partial charge in [0.15, 0.2) is 0 Å². The van der Waals surface area contributed by atoms with Gasteiger partial charge in [-0.3, -0.25) is 0 Å². The molecule has 0 bridgehead atoms. The Morgan fingerprint density at radius 3 is 1.48 bits per heavy atom. The minimum atomic E-state index is 0.209. The zero-order valence-electron chi connectivity index (χ0n) is 12.9. The van der Waals surface area contributed by atoms with Gasteiger partial charge in [0.05, 0.1) is 8.42 Å². The summed E-state index contributed by atoms with van der Waals surface area (Å²) in [4.78, 5) is 2.62. The Labute approximate surface area is 138 Å². The molecule has 2 nitrogen and oxygen atoms in total. The molecule has 0 unspecified atom stereocenters. The lowest BCUT2D eigenvalue weighted by atomic mass is 10.1. The van der Waals surface area contributed by atoms with Crippen molar-refractivity contribution in [3.05, 3.63) is 32.0 Å². The third-order valence-electron chi connectivity index (χ3n) is 3.77. The largest absolute Gasteiger partial charge is 0.396 e. The average Bonchev–Trinajstić information content (AvgIpc) is 2.85. The minimum absolute atomic E-state index is 0.209. The van der Waals surface area contributed by atoms with Gasteiger partial charge in [-0.1, -0.05) is 11.8 Å². The van der Waals surface area contributed by atoms with E-state index in [1.165, 1.54) is 40.4 Å². The second-order valence-corrected chi connectivity index (χ2v) is 9.13. The molecule has 0 atom stereocenters. The van der Waals surface area contributed by atoms with Crippen molar-refractivity contribution >= 4 is 34.4 Å². The highest BCUT2D eigenvalue weighted by Crippen LogP contribution is 2.44. The monoisotopic (exact) mass is 342 g/mol. The number of thiophene rings is 2. The maximum atomic E-state index is 9.19. The summed E-state index contributed by atoms with van der Waals surface area (Å²) in [7, 11) is 0. The number of aryl methyl sites for hydroxylation is 2. The lowest BCUT2D eigenvalue weighted by Crippen LogP contribution is -1.93. The zero-order chi connectivity index (χ0) is 15.6. The Bertz CT molecular complexity index is 572. The number of aliphatic hydroxyl groups excluding tert-OH is 2. The van der Waals surface area contributed by atoms with Crippen LogP contribution in [0.4, 0.5) is 0 Å². The zero-order valence-corrected chi connectivity index (χ0v) is 15.4. The summed E-state index contributed by atoms with van der Waals surface area (Å²) < 4.78 is 2.66. The first-order valence-electron chi connectivity index (χ1n) is 7.06. The fraction of sp³-hybridized carbons (Fsp3) is 0.500. The van der Waals surface area contributed by atoms with Crippen LogP contribution in [0.3, 0.4) is 0 Å². The van der Waals surface area contributed by atoms with E-state index in [4.69, 9.17) is 0 Å². The van der Waals surface area contributed by atoms with Crippen LogP contribution in [0.5, 0.6) is 0 Å². The van der Waals surface area contributed by atoms with Crippen molar-refractivity contribution in [2.24, 2.45) is 0 Å². The fourth-order valence-corrected chi connectivity index (χ4v) is 6.89. The van der Waals surface area contributed by atoms with E-state index in [1.54, 1.807) is 0 Å². The van der Waals surface area contributed by atoms with Gasteiger partial charge >= 0.3 is 0 Å². The molecular formula is C16H22O2S3. The van der Waals surface area contributed by atoms with E-state index < -0.39 is 0 Å². The fourth-order valence-electron chi connectivity index (χ4n) is 2.56. The van der Waals surface area contributed by atoms with Gasteiger partial charge in [0.25, 0.3) is 0 Å². The van der Waals surface area contributed by atoms with Gasteiger partial charge in [0, 0.05) is 23.0 Å². The molecule has 0 aliphatic rings. The quantitative estimate of drug-likeness (QED) is 0.824. The average molecular weight is 343 g/mol. The standard InChI is InChI=1S/C16H22O2S3/c1-9-13(5-7-17)11(3)19-15(9)21-16-10(2)14(6-8-18)12(4)20-16/h17-18H,5-8H2,1-4H3. The van der Waals surface area contributed by atoms with Crippen LogP contribution in [0, 0.1) is 27.7 Å². The van der Waals surface area contributed by atoms with Crippen molar-refractivity contribution in [2.75, 3.05) is 13.2 Å². The molecule has 2 rings (SSSR count). The lowest BCUT2D eigenvalue weighted by molar-refractivity contribution is 0.299. The lowest BCUT2D eigenvalue weighted by Gasteiger charge is -2.02. The van der Waals surface area contributed by atoms with Gasteiger partial charge in [-0.2, -0.15) is 0 Å². The Kier molecular flexibility index (Phi) is 5.91. The molecule has 0 aromatic carbocycles. The molecule has 2 aromatic heterocycles. The van der Waals surface area contributed by atoms with Gasteiger partial charge in [0.2, 0.25) is 0 Å². The van der Waals surface area contributed by atoms with Crippen molar-refractivity contribution < 1.29 is 10.2 Å². The molecule has 21 heavy (non-hydrogen) atoms. The highest BCUT2D eigenvalue weighted by atomic mass is 32.2. The molecule has 0 aliphatic heterocycles. The Balaban J connectivity index is 2.31. The summed E-state index contributed by atoms with van der Waals surface area (Å²) in [6, 6.07) is 0. The van der Waals surface area contributed by atoms with Gasteiger partial charge in [-0.15, -0.1) is 22.7 Å². The molecule has 0 aliphatic carbocycles. The Morgan fingerprint density at radius 2 is 1.14 bits per heavy atom. The predicted octanol–water partition coefficient (Wildman–Crippen LogP) is 4.26. The van der Waals surface area contributed by atoms with E-state index in [0.29, 0.717) is 0 Å². The van der Waals surface area contributed by atoms with E-state index in [2.05, 4.69) is 27.7 Å². The third kappa shape index (κ3) is 3.54. The highest BCUT2D eigenvalue weighted by Gasteiger charge is 2.17. The van der Waals surface area contributed by atoms with Crippen molar-refractivity contribution in [1.82, 2.24) is 0 Å². The highest BCUT2D eigenvalue weighted by molar-refractivity contribution is 8.03. The first-order valence-corrected chi connectivity index (χ1v) is 9.51. The van der Waals surface area contributed by atoms with Crippen LogP contribution >= 0.6 is 34.4 Å². The maximum Gasteiger partial charge on any atom is 0.0689 e. The first-order chi connectivity index (χ1) is 9.99. The SMILES string of the molecule is Cc1sc(Sc2sc(C)c(CCO)c2C)c(C)c1CCO. The van der Waals surface area contributed by atoms with Gasteiger partial charge in [0.1, 0.15) is 0 Å². The minimum Gasteiger partial charge on any atom is -0.396 e. The van der Waals surface area contributed by atoms with E-state index in [-0.39, 0.29) is 13.2 Å². The predicted molar refractivity (Wildman–Crippen MR) is 93.3 cm³/mol. The van der Waals surface area contributed by atoms with Crippen LogP contribution in [-0.2, 0) is 12.8 Å². The molecule has 2 N–H and O–H groups in total. The third-order valence-corrected chi connectivity index (χ3v) is 7.84. The maximum absolute atomic E-state index is 9.19. The molecule has 0 spiro atoms. The normalized spacial score (nSPS) is 11.3. The second-order valence-electron chi connectivity index (χ2n) is 5.15. The summed E-state index contributed by atoms with van der Waals surface area (Å²) >= 11 is 5.48. The molecule has 116 valence electrons. The number of rotatable bonds is 6. The number of hydrogen-bond donors (Lipinski definition) is 2. The van der Waals surface area contributed by atoms with Gasteiger partial charge < -0.3 is 10.2 Å². The van der Waals surface area contributed by atoms with Crippen molar-refractivity contribution in [3.63, 3.8) is 0 Å². The van der Waals surface area contributed by atoms with E-state index in [9.17, 15) is 10.2 Å². The molecule has 0 amide bonds. The van der Waals surface area contributed by atoms with Crippen LogP contribution in [0.2, 0.25) is 0 Å². The molecule has 2 aromatic rings. The summed E-state index contributed by atoms with van der Waals surface area (Å²) in [6.45, 7) is 9.00. The van der Waals surface area contributed by atoms with Crippen LogP contribution in [0.15, 0.2) is 8.42 Å². The number of hydrogen-bond acceptors (Lipinski definition) is 5. The molecule has 0 radical (unpaired) electrons. The Morgan fingerprint density at radius 1 is 0.762 bits per heavy atom. The summed E-state index contributed by atoms with van der Waals surface area (Å²) in [5.41, 5.74) is 5.22. The number of aliphatic hydroxyl groups is 2. The van der Waals surface area contributed by atoms with E-state index in [0.717, 1.165) is 12.8 Å². The molecule has 0 saturated heterocycles. The van der Waals surface area contributed by atoms with Crippen molar-refractivity contribution in [1.29, 1.82) is 0 Å². The molecule has 0 fully saturated rings. The smallest absolute Gasteiger partial charge is 0.0689 e. The molecule has 0 saturated carbocycles. The first kappa shape index (κ1) is 17.0. The topological polar surface area (TPSA) is 40.5 Å². The summed E-state index contributed by atoms with van der Waals surface area (Å²) in [6.07, 6.45) is 1.49. The van der Waals surface area contributed by atoms with E-state index >= 15 is 0 Å². The van der Waals surface area contributed by atoms with Gasteiger partial charge in [-0.25, -0.2) is 0 Å². The van der Waals surface area contributed by atoms with Crippen molar-refractivity contribution in [2.45, 2.75) is 49.0 Å². The van der Waals surface area contributed by atoms with Crippen LogP contribution in [0.25, 0.3) is 0 Å².